The highest BCUT2D eigenvalue weighted by atomic mass is 16.2. The van der Waals surface area contributed by atoms with Crippen LogP contribution in [0, 0.1) is 5.92 Å². The van der Waals surface area contributed by atoms with E-state index in [2.05, 4.69) is 24.5 Å². The molecule has 110 valence electrons. The zero-order chi connectivity index (χ0) is 15.1. The van der Waals surface area contributed by atoms with Crippen molar-refractivity contribution in [2.45, 2.75) is 40.2 Å². The molecule has 0 heterocycles. The highest BCUT2D eigenvalue weighted by molar-refractivity contribution is 6.35. The van der Waals surface area contributed by atoms with Crippen molar-refractivity contribution < 1.29 is 9.59 Å². The molecule has 1 rings (SSSR count). The minimum atomic E-state index is -0.585. The number of hydrogen-bond acceptors (Lipinski definition) is 2. The Labute approximate surface area is 121 Å². The predicted molar refractivity (Wildman–Crippen MR) is 80.2 cm³/mol. The summed E-state index contributed by atoms with van der Waals surface area (Å²) in [5.74, 6) is -0.341. The first-order valence-corrected chi connectivity index (χ1v) is 7.05. The molecule has 0 unspecified atom stereocenters. The Balaban J connectivity index is 2.42. The molecule has 0 atom stereocenters. The standard InChI is InChI=1S/C16H24N2O2/c1-11(2)9-17-15(19)16(20)18-10-13-5-7-14(8-6-13)12(3)4/h5-8,11-12H,9-10H2,1-4H3,(H,17,19)(H,18,20). The number of hydrogen-bond donors (Lipinski definition) is 2. The van der Waals surface area contributed by atoms with E-state index in [4.69, 9.17) is 0 Å². The van der Waals surface area contributed by atoms with Crippen LogP contribution in [0.5, 0.6) is 0 Å². The first-order chi connectivity index (χ1) is 9.40. The third-order valence-corrected chi connectivity index (χ3v) is 2.98. The number of rotatable bonds is 5. The minimum absolute atomic E-state index is 0.329. The zero-order valence-corrected chi connectivity index (χ0v) is 12.7. The summed E-state index contributed by atoms with van der Waals surface area (Å²) in [6.07, 6.45) is 0. The second kappa shape index (κ2) is 7.68. The van der Waals surface area contributed by atoms with E-state index in [1.165, 1.54) is 5.56 Å². The van der Waals surface area contributed by atoms with Crippen LogP contribution in [0.1, 0.15) is 44.7 Å². The van der Waals surface area contributed by atoms with Crippen LogP contribution < -0.4 is 10.6 Å². The monoisotopic (exact) mass is 276 g/mol. The fraction of sp³-hybridized carbons (Fsp3) is 0.500. The van der Waals surface area contributed by atoms with Crippen LogP contribution in [0.25, 0.3) is 0 Å². The molecule has 0 aliphatic heterocycles. The van der Waals surface area contributed by atoms with Gasteiger partial charge >= 0.3 is 11.8 Å². The van der Waals surface area contributed by atoms with Crippen molar-refractivity contribution in [1.29, 1.82) is 0 Å². The van der Waals surface area contributed by atoms with E-state index in [0.29, 0.717) is 24.9 Å². The van der Waals surface area contributed by atoms with Gasteiger partial charge < -0.3 is 10.6 Å². The van der Waals surface area contributed by atoms with Crippen molar-refractivity contribution in [1.82, 2.24) is 10.6 Å². The fourth-order valence-corrected chi connectivity index (χ4v) is 1.66. The van der Waals surface area contributed by atoms with Crippen molar-refractivity contribution in [3.05, 3.63) is 35.4 Å². The molecule has 0 radical (unpaired) electrons. The van der Waals surface area contributed by atoms with E-state index >= 15 is 0 Å². The molecule has 1 aromatic rings. The summed E-state index contributed by atoms with van der Waals surface area (Å²) < 4.78 is 0. The first kappa shape index (κ1) is 16.2. The van der Waals surface area contributed by atoms with Gasteiger partial charge in [-0.1, -0.05) is 52.0 Å². The third kappa shape index (κ3) is 5.43. The number of carbonyl (C=O) groups is 2. The van der Waals surface area contributed by atoms with Gasteiger partial charge in [-0.2, -0.15) is 0 Å². The summed E-state index contributed by atoms with van der Waals surface area (Å²) >= 11 is 0. The lowest BCUT2D eigenvalue weighted by Gasteiger charge is -2.09. The second-order valence-electron chi connectivity index (χ2n) is 5.68. The Morgan fingerprint density at radius 2 is 1.50 bits per heavy atom. The van der Waals surface area contributed by atoms with Crippen molar-refractivity contribution >= 4 is 11.8 Å². The lowest BCUT2D eigenvalue weighted by atomic mass is 10.0. The molecule has 1 aromatic carbocycles. The normalized spacial score (nSPS) is 10.7. The van der Waals surface area contributed by atoms with E-state index in [1.807, 2.05) is 38.1 Å². The van der Waals surface area contributed by atoms with Gasteiger partial charge in [-0.15, -0.1) is 0 Å². The summed E-state index contributed by atoms with van der Waals surface area (Å²) in [5.41, 5.74) is 2.24. The molecule has 0 fully saturated rings. The molecule has 0 aliphatic carbocycles. The van der Waals surface area contributed by atoms with Crippen molar-refractivity contribution in [2.24, 2.45) is 5.92 Å². The van der Waals surface area contributed by atoms with Gasteiger partial charge in [-0.05, 0) is 23.0 Å². The van der Waals surface area contributed by atoms with Crippen LogP contribution in [0.2, 0.25) is 0 Å². The van der Waals surface area contributed by atoms with Crippen LogP contribution in [-0.2, 0) is 16.1 Å². The molecule has 0 spiro atoms. The Bertz CT molecular complexity index is 450. The molecule has 0 bridgehead atoms. The second-order valence-corrected chi connectivity index (χ2v) is 5.68. The zero-order valence-electron chi connectivity index (χ0n) is 12.7. The Morgan fingerprint density at radius 1 is 0.950 bits per heavy atom. The van der Waals surface area contributed by atoms with Crippen LogP contribution in [0.3, 0.4) is 0 Å². The van der Waals surface area contributed by atoms with Gasteiger partial charge in [-0.3, -0.25) is 9.59 Å². The van der Waals surface area contributed by atoms with E-state index in [9.17, 15) is 9.59 Å². The molecule has 4 heteroatoms. The van der Waals surface area contributed by atoms with Crippen molar-refractivity contribution in [2.75, 3.05) is 6.54 Å². The summed E-state index contributed by atoms with van der Waals surface area (Å²) in [7, 11) is 0. The maximum atomic E-state index is 11.6. The molecule has 2 N–H and O–H groups in total. The molecule has 0 aliphatic rings. The van der Waals surface area contributed by atoms with Crippen LogP contribution in [0.4, 0.5) is 0 Å². The molecule has 2 amide bonds. The molecule has 4 nitrogen and oxygen atoms in total. The number of benzene rings is 1. The van der Waals surface area contributed by atoms with Gasteiger partial charge in [0.25, 0.3) is 0 Å². The van der Waals surface area contributed by atoms with Gasteiger partial charge in [0, 0.05) is 13.1 Å². The Kier molecular flexibility index (Phi) is 6.22. The summed E-state index contributed by atoms with van der Waals surface area (Å²) in [6.45, 7) is 9.11. The van der Waals surface area contributed by atoms with E-state index in [0.717, 1.165) is 5.56 Å². The van der Waals surface area contributed by atoms with Gasteiger partial charge in [0.2, 0.25) is 0 Å². The first-order valence-electron chi connectivity index (χ1n) is 7.05. The van der Waals surface area contributed by atoms with Crippen LogP contribution in [0.15, 0.2) is 24.3 Å². The van der Waals surface area contributed by atoms with Crippen LogP contribution in [-0.4, -0.2) is 18.4 Å². The summed E-state index contributed by atoms with van der Waals surface area (Å²) in [6, 6.07) is 8.04. The van der Waals surface area contributed by atoms with Gasteiger partial charge in [0.05, 0.1) is 0 Å². The van der Waals surface area contributed by atoms with E-state index in [-0.39, 0.29) is 0 Å². The lowest BCUT2D eigenvalue weighted by molar-refractivity contribution is -0.139. The molecule has 20 heavy (non-hydrogen) atoms. The van der Waals surface area contributed by atoms with Crippen molar-refractivity contribution in [3.8, 4) is 0 Å². The van der Waals surface area contributed by atoms with Gasteiger partial charge in [0.15, 0.2) is 0 Å². The molecular weight excluding hydrogens is 252 g/mol. The third-order valence-electron chi connectivity index (χ3n) is 2.98. The Hall–Kier alpha value is -1.84. The number of amides is 2. The molecule has 0 aromatic heterocycles. The Morgan fingerprint density at radius 3 is 2.00 bits per heavy atom. The predicted octanol–water partition coefficient (Wildman–Crippen LogP) is 2.20. The summed E-state index contributed by atoms with van der Waals surface area (Å²) in [4.78, 5) is 23.1. The molecule has 0 saturated carbocycles. The SMILES string of the molecule is CC(C)CNC(=O)C(=O)NCc1ccc(C(C)C)cc1. The fourth-order valence-electron chi connectivity index (χ4n) is 1.66. The van der Waals surface area contributed by atoms with Crippen LogP contribution >= 0.6 is 0 Å². The largest absolute Gasteiger partial charge is 0.348 e. The smallest absolute Gasteiger partial charge is 0.309 e. The van der Waals surface area contributed by atoms with E-state index in [1.54, 1.807) is 0 Å². The number of nitrogens with one attached hydrogen (secondary N) is 2. The lowest BCUT2D eigenvalue weighted by Crippen LogP contribution is -2.40. The quantitative estimate of drug-likeness (QED) is 0.810. The summed E-state index contributed by atoms with van der Waals surface area (Å²) in [5, 5.41) is 5.21. The van der Waals surface area contributed by atoms with Crippen molar-refractivity contribution in [3.63, 3.8) is 0 Å². The maximum absolute atomic E-state index is 11.6. The number of carbonyl (C=O) groups excluding carboxylic acids is 2. The van der Waals surface area contributed by atoms with E-state index < -0.39 is 11.8 Å². The maximum Gasteiger partial charge on any atom is 0.309 e. The van der Waals surface area contributed by atoms with Gasteiger partial charge in [0.1, 0.15) is 0 Å². The molecular formula is C16H24N2O2. The average Bonchev–Trinajstić information content (AvgIpc) is 2.42. The highest BCUT2D eigenvalue weighted by Crippen LogP contribution is 2.14. The molecule has 0 saturated heterocycles. The average molecular weight is 276 g/mol. The van der Waals surface area contributed by atoms with Gasteiger partial charge in [-0.25, -0.2) is 0 Å². The highest BCUT2D eigenvalue weighted by Gasteiger charge is 2.12. The minimum Gasteiger partial charge on any atom is -0.348 e. The topological polar surface area (TPSA) is 58.2 Å².